The van der Waals surface area contributed by atoms with Crippen molar-refractivity contribution in [2.75, 3.05) is 38.8 Å². The van der Waals surface area contributed by atoms with Gasteiger partial charge in [0.1, 0.15) is 5.82 Å². The van der Waals surface area contributed by atoms with Crippen molar-refractivity contribution in [3.8, 4) is 0 Å². The molecule has 4 heterocycles. The van der Waals surface area contributed by atoms with E-state index in [0.717, 1.165) is 50.4 Å². The topological polar surface area (TPSA) is 66.8 Å². The first-order valence-electron chi connectivity index (χ1n) is 9.64. The number of nitrogens with one attached hydrogen (secondary N) is 2. The fourth-order valence-electron chi connectivity index (χ4n) is 4.01. The normalized spacial score (nSPS) is 20.5. The minimum absolute atomic E-state index is 0.00128. The second kappa shape index (κ2) is 8.37. The van der Waals surface area contributed by atoms with E-state index in [1.54, 1.807) is 12.1 Å². The first-order chi connectivity index (χ1) is 14.0. The van der Waals surface area contributed by atoms with Crippen LogP contribution in [0.1, 0.15) is 30.1 Å². The van der Waals surface area contributed by atoms with E-state index < -0.39 is 6.61 Å². The lowest BCUT2D eigenvalue weighted by molar-refractivity contribution is -0.0939. The molecule has 11 heteroatoms. The lowest BCUT2D eigenvalue weighted by Gasteiger charge is -2.34. The summed E-state index contributed by atoms with van der Waals surface area (Å²) in [6.07, 6.45) is 4.24. The molecule has 1 aromatic rings. The van der Waals surface area contributed by atoms with Crippen molar-refractivity contribution in [3.05, 3.63) is 34.1 Å². The molecule has 0 unspecified atom stereocenters. The van der Waals surface area contributed by atoms with Gasteiger partial charge in [0.25, 0.3) is 0 Å². The van der Waals surface area contributed by atoms with E-state index in [-0.39, 0.29) is 10.9 Å². The summed E-state index contributed by atoms with van der Waals surface area (Å²) in [5.41, 5.74) is 5.18. The Labute approximate surface area is 173 Å². The quantitative estimate of drug-likeness (QED) is 0.694. The SMILES string of the molecule is CN1NC(Cl)=C(OC(F)F)C=C1N(C)c1nn(C2CCOCC2)c2c1CNCC2. The van der Waals surface area contributed by atoms with Gasteiger partial charge in [0.15, 0.2) is 16.7 Å². The van der Waals surface area contributed by atoms with Gasteiger partial charge in [-0.25, -0.2) is 0 Å². The van der Waals surface area contributed by atoms with Crippen molar-refractivity contribution in [1.82, 2.24) is 25.5 Å². The van der Waals surface area contributed by atoms with Crippen LogP contribution in [0.2, 0.25) is 0 Å². The zero-order chi connectivity index (χ0) is 20.5. The predicted molar refractivity (Wildman–Crippen MR) is 104 cm³/mol. The Morgan fingerprint density at radius 3 is 2.86 bits per heavy atom. The molecule has 3 aliphatic heterocycles. The highest BCUT2D eigenvalue weighted by Gasteiger charge is 2.30. The molecule has 1 aromatic heterocycles. The molecular weight excluding hydrogens is 406 g/mol. The highest BCUT2D eigenvalue weighted by molar-refractivity contribution is 6.29. The molecule has 0 saturated carbocycles. The molecule has 0 radical (unpaired) electrons. The standard InChI is InChI=1S/C18H25ClF2N6O2/c1-25(15-9-14(29-18(20)21)16(19)23-26(15)2)17-12-10-22-6-3-13(12)27(24-17)11-4-7-28-8-5-11/h9,11,18,22-23H,3-8,10H2,1-2H3. The number of fused-ring (bicyclic) bond motifs is 1. The van der Waals surface area contributed by atoms with Crippen LogP contribution in [0.15, 0.2) is 22.8 Å². The number of ether oxygens (including phenoxy) is 2. The molecule has 4 rings (SSSR count). The van der Waals surface area contributed by atoms with Gasteiger partial charge in [-0.2, -0.15) is 13.9 Å². The zero-order valence-electron chi connectivity index (χ0n) is 16.4. The number of alkyl halides is 2. The number of hydrogen-bond donors (Lipinski definition) is 2. The lowest BCUT2D eigenvalue weighted by Crippen LogP contribution is -2.42. The first-order valence-corrected chi connectivity index (χ1v) is 10.0. The molecule has 1 fully saturated rings. The summed E-state index contributed by atoms with van der Waals surface area (Å²) in [5.74, 6) is 1.26. The Hall–Kier alpha value is -2.04. The van der Waals surface area contributed by atoms with Gasteiger partial charge in [-0.15, -0.1) is 0 Å². The van der Waals surface area contributed by atoms with Gasteiger partial charge in [0, 0.05) is 64.2 Å². The third-order valence-corrected chi connectivity index (χ3v) is 5.71. The van der Waals surface area contributed by atoms with Gasteiger partial charge in [-0.1, -0.05) is 11.6 Å². The molecule has 0 amide bonds. The number of allylic oxidation sites excluding steroid dienone is 1. The molecule has 0 aliphatic carbocycles. The number of hydrazine groups is 1. The highest BCUT2D eigenvalue weighted by Crippen LogP contribution is 2.33. The lowest BCUT2D eigenvalue weighted by atomic mass is 10.1. The maximum atomic E-state index is 12.7. The van der Waals surface area contributed by atoms with E-state index >= 15 is 0 Å². The van der Waals surface area contributed by atoms with Crippen LogP contribution in [-0.2, 0) is 22.4 Å². The number of halogens is 3. The summed E-state index contributed by atoms with van der Waals surface area (Å²) >= 11 is 6.02. The van der Waals surface area contributed by atoms with Crippen molar-refractivity contribution < 1.29 is 18.3 Å². The minimum Gasteiger partial charge on any atom is -0.431 e. The van der Waals surface area contributed by atoms with Crippen LogP contribution in [0.4, 0.5) is 14.6 Å². The summed E-state index contributed by atoms with van der Waals surface area (Å²) in [4.78, 5) is 1.87. The van der Waals surface area contributed by atoms with Crippen LogP contribution in [0, 0.1) is 0 Å². The predicted octanol–water partition coefficient (Wildman–Crippen LogP) is 2.25. The van der Waals surface area contributed by atoms with Crippen LogP contribution in [-0.4, -0.2) is 55.3 Å². The van der Waals surface area contributed by atoms with Crippen LogP contribution in [0.5, 0.6) is 0 Å². The van der Waals surface area contributed by atoms with Gasteiger partial charge >= 0.3 is 6.61 Å². The molecule has 0 spiro atoms. The van der Waals surface area contributed by atoms with Crippen molar-refractivity contribution in [3.63, 3.8) is 0 Å². The minimum atomic E-state index is -2.96. The van der Waals surface area contributed by atoms with Gasteiger partial charge < -0.3 is 19.7 Å². The third-order valence-electron chi connectivity index (χ3n) is 5.44. The number of rotatable bonds is 5. The Kier molecular flexibility index (Phi) is 5.84. The highest BCUT2D eigenvalue weighted by atomic mass is 35.5. The Morgan fingerprint density at radius 2 is 2.14 bits per heavy atom. The van der Waals surface area contributed by atoms with E-state index in [0.29, 0.717) is 18.4 Å². The van der Waals surface area contributed by atoms with E-state index in [4.69, 9.17) is 21.4 Å². The summed E-state index contributed by atoms with van der Waals surface area (Å²) in [6, 6.07) is 0.306. The van der Waals surface area contributed by atoms with Crippen LogP contribution >= 0.6 is 11.6 Å². The molecule has 1 saturated heterocycles. The summed E-state index contributed by atoms with van der Waals surface area (Å²) < 4.78 is 37.7. The van der Waals surface area contributed by atoms with Crippen molar-refractivity contribution in [1.29, 1.82) is 0 Å². The molecule has 3 aliphatic rings. The van der Waals surface area contributed by atoms with Crippen molar-refractivity contribution in [2.45, 2.75) is 38.5 Å². The van der Waals surface area contributed by atoms with Gasteiger partial charge in [0.2, 0.25) is 0 Å². The molecule has 2 N–H and O–H groups in total. The molecular formula is C18H25ClF2N6O2. The van der Waals surface area contributed by atoms with E-state index in [9.17, 15) is 8.78 Å². The monoisotopic (exact) mass is 430 g/mol. The molecule has 0 bridgehead atoms. The van der Waals surface area contributed by atoms with Gasteiger partial charge in [-0.3, -0.25) is 15.1 Å². The van der Waals surface area contributed by atoms with Crippen LogP contribution < -0.4 is 15.6 Å². The Bertz CT molecular complexity index is 822. The smallest absolute Gasteiger partial charge is 0.387 e. The Morgan fingerprint density at radius 1 is 1.38 bits per heavy atom. The van der Waals surface area contributed by atoms with Crippen LogP contribution in [0.3, 0.4) is 0 Å². The molecule has 8 nitrogen and oxygen atoms in total. The second-order valence-corrected chi connectivity index (χ2v) is 7.63. The maximum absolute atomic E-state index is 12.7. The van der Waals surface area contributed by atoms with Gasteiger partial charge in [0.05, 0.1) is 6.04 Å². The number of hydrogen-bond acceptors (Lipinski definition) is 7. The van der Waals surface area contributed by atoms with E-state index in [1.165, 1.54) is 11.8 Å². The van der Waals surface area contributed by atoms with E-state index in [1.807, 2.05) is 11.9 Å². The number of nitrogens with zero attached hydrogens (tertiary/aromatic N) is 4. The van der Waals surface area contributed by atoms with Gasteiger partial charge in [-0.05, 0) is 12.8 Å². The molecule has 29 heavy (non-hydrogen) atoms. The maximum Gasteiger partial charge on any atom is 0.387 e. The summed E-state index contributed by atoms with van der Waals surface area (Å²) in [7, 11) is 3.61. The summed E-state index contributed by atoms with van der Waals surface area (Å²) in [6.45, 7) is 0.118. The number of anilines is 1. The van der Waals surface area contributed by atoms with Crippen molar-refractivity contribution >= 4 is 17.4 Å². The Balaban J connectivity index is 1.69. The number of aromatic nitrogens is 2. The second-order valence-electron chi connectivity index (χ2n) is 7.25. The fourth-order valence-corrected chi connectivity index (χ4v) is 4.23. The molecule has 0 atom stereocenters. The fraction of sp³-hybridized carbons (Fsp3) is 0.611. The average molecular weight is 431 g/mol. The van der Waals surface area contributed by atoms with Crippen molar-refractivity contribution in [2.24, 2.45) is 0 Å². The van der Waals surface area contributed by atoms with Crippen LogP contribution in [0.25, 0.3) is 0 Å². The third kappa shape index (κ3) is 4.01. The first kappa shape index (κ1) is 20.2. The zero-order valence-corrected chi connectivity index (χ0v) is 17.2. The largest absolute Gasteiger partial charge is 0.431 e. The molecule has 160 valence electrons. The van der Waals surface area contributed by atoms with E-state index in [2.05, 4.69) is 20.2 Å². The average Bonchev–Trinajstić information content (AvgIpc) is 3.10. The summed E-state index contributed by atoms with van der Waals surface area (Å²) in [5, 5.41) is 10.00. The molecule has 0 aromatic carbocycles.